The highest BCUT2D eigenvalue weighted by molar-refractivity contribution is 5.33. The molecule has 0 amide bonds. The Morgan fingerprint density at radius 3 is 3.21 bits per heavy atom. The molecule has 0 aliphatic carbocycles. The molecule has 2 heterocycles. The van der Waals surface area contributed by atoms with Crippen LogP contribution in [-0.2, 0) is 11.8 Å². The molecule has 0 saturated carbocycles. The van der Waals surface area contributed by atoms with E-state index < -0.39 is 0 Å². The molecule has 1 aliphatic heterocycles. The van der Waals surface area contributed by atoms with Gasteiger partial charge in [-0.05, 0) is 19.3 Å². The molecule has 1 aromatic heterocycles. The maximum absolute atomic E-state index is 5.40. The minimum atomic E-state index is 0.521. The summed E-state index contributed by atoms with van der Waals surface area (Å²) in [7, 11) is 1.93. The number of aromatic nitrogens is 2. The van der Waals surface area contributed by atoms with Gasteiger partial charge in [0.25, 0.3) is 0 Å². The average molecular weight is 195 g/mol. The average Bonchev–Trinajstić information content (AvgIpc) is 2.43. The highest BCUT2D eigenvalue weighted by atomic mass is 16.5. The summed E-state index contributed by atoms with van der Waals surface area (Å²) in [6, 6.07) is 2.53. The third kappa shape index (κ3) is 2.48. The van der Waals surface area contributed by atoms with E-state index in [0.29, 0.717) is 6.04 Å². The largest absolute Gasteiger partial charge is 0.381 e. The number of nitrogens with zero attached hydrogens (tertiary/aromatic N) is 2. The van der Waals surface area contributed by atoms with Crippen molar-refractivity contribution >= 4 is 5.82 Å². The molecule has 2 rings (SSSR count). The van der Waals surface area contributed by atoms with Gasteiger partial charge in [0.1, 0.15) is 5.82 Å². The van der Waals surface area contributed by atoms with Gasteiger partial charge in [0.2, 0.25) is 0 Å². The van der Waals surface area contributed by atoms with E-state index in [1.807, 2.05) is 24.0 Å². The van der Waals surface area contributed by atoms with E-state index in [2.05, 4.69) is 10.4 Å². The Balaban J connectivity index is 1.89. The minimum Gasteiger partial charge on any atom is -0.381 e. The summed E-state index contributed by atoms with van der Waals surface area (Å²) in [5, 5.41) is 7.73. The first-order valence-corrected chi connectivity index (χ1v) is 5.18. The molecule has 0 spiro atoms. The fraction of sp³-hybridized carbons (Fsp3) is 0.700. The Hall–Kier alpha value is -1.03. The second kappa shape index (κ2) is 4.46. The summed E-state index contributed by atoms with van der Waals surface area (Å²) in [5.41, 5.74) is 0. The van der Waals surface area contributed by atoms with Crippen LogP contribution in [0, 0.1) is 0 Å². The smallest absolute Gasteiger partial charge is 0.148 e. The number of anilines is 1. The van der Waals surface area contributed by atoms with Crippen LogP contribution in [0.4, 0.5) is 5.82 Å². The lowest BCUT2D eigenvalue weighted by Gasteiger charge is -2.14. The van der Waals surface area contributed by atoms with Crippen molar-refractivity contribution in [1.82, 2.24) is 9.78 Å². The predicted molar refractivity (Wildman–Crippen MR) is 55.3 cm³/mol. The molecule has 1 fully saturated rings. The molecule has 0 bridgehead atoms. The highest BCUT2D eigenvalue weighted by Gasteiger charge is 2.12. The Morgan fingerprint density at radius 1 is 1.50 bits per heavy atom. The van der Waals surface area contributed by atoms with Crippen LogP contribution < -0.4 is 5.32 Å². The normalized spacial score (nSPS) is 23.1. The van der Waals surface area contributed by atoms with E-state index in [1.54, 1.807) is 0 Å². The monoisotopic (exact) mass is 195 g/mol. The molecule has 1 saturated heterocycles. The zero-order valence-electron chi connectivity index (χ0n) is 8.57. The van der Waals surface area contributed by atoms with Gasteiger partial charge >= 0.3 is 0 Å². The van der Waals surface area contributed by atoms with Gasteiger partial charge in [-0.25, -0.2) is 0 Å². The topological polar surface area (TPSA) is 39.1 Å². The third-order valence-electron chi connectivity index (χ3n) is 2.52. The van der Waals surface area contributed by atoms with Crippen LogP contribution in [0.2, 0.25) is 0 Å². The van der Waals surface area contributed by atoms with Crippen LogP contribution in [0.3, 0.4) is 0 Å². The van der Waals surface area contributed by atoms with E-state index in [0.717, 1.165) is 31.9 Å². The first-order valence-electron chi connectivity index (χ1n) is 5.18. The number of ether oxygens (including phenoxy) is 1. The summed E-state index contributed by atoms with van der Waals surface area (Å²) in [6.45, 7) is 1.77. The van der Waals surface area contributed by atoms with Crippen LogP contribution >= 0.6 is 0 Å². The van der Waals surface area contributed by atoms with Crippen molar-refractivity contribution in [1.29, 1.82) is 0 Å². The van der Waals surface area contributed by atoms with Crippen LogP contribution in [0.1, 0.15) is 19.3 Å². The molecule has 4 heteroatoms. The summed E-state index contributed by atoms with van der Waals surface area (Å²) >= 11 is 0. The molecule has 78 valence electrons. The summed E-state index contributed by atoms with van der Waals surface area (Å²) in [5.74, 6) is 0.972. The van der Waals surface area contributed by atoms with Crippen molar-refractivity contribution in [3.05, 3.63) is 12.3 Å². The molecular formula is C10H17N3O. The van der Waals surface area contributed by atoms with Crippen LogP contribution in [0.25, 0.3) is 0 Å². The quantitative estimate of drug-likeness (QED) is 0.775. The first-order chi connectivity index (χ1) is 6.84. The van der Waals surface area contributed by atoms with Gasteiger partial charge in [0.05, 0.1) is 0 Å². The van der Waals surface area contributed by atoms with Gasteiger partial charge in [-0.3, -0.25) is 4.68 Å². The Kier molecular flexibility index (Phi) is 3.03. The van der Waals surface area contributed by atoms with Gasteiger partial charge < -0.3 is 10.1 Å². The van der Waals surface area contributed by atoms with Gasteiger partial charge in [-0.1, -0.05) is 0 Å². The van der Waals surface area contributed by atoms with Crippen LogP contribution in [-0.4, -0.2) is 29.0 Å². The lowest BCUT2D eigenvalue weighted by molar-refractivity contribution is 0.144. The van der Waals surface area contributed by atoms with Crippen LogP contribution in [0.5, 0.6) is 0 Å². The molecule has 0 radical (unpaired) electrons. The molecule has 1 unspecified atom stereocenters. The van der Waals surface area contributed by atoms with Gasteiger partial charge in [0, 0.05) is 38.6 Å². The number of hydrogen-bond acceptors (Lipinski definition) is 3. The first kappa shape index (κ1) is 9.52. The molecule has 1 N–H and O–H groups in total. The zero-order valence-corrected chi connectivity index (χ0v) is 8.57. The summed E-state index contributed by atoms with van der Waals surface area (Å²) in [4.78, 5) is 0. The minimum absolute atomic E-state index is 0.521. The number of aryl methyl sites for hydroxylation is 1. The number of hydrogen-bond donors (Lipinski definition) is 1. The molecule has 1 aromatic rings. The van der Waals surface area contributed by atoms with E-state index >= 15 is 0 Å². The second-order valence-electron chi connectivity index (χ2n) is 3.76. The van der Waals surface area contributed by atoms with E-state index in [-0.39, 0.29) is 0 Å². The van der Waals surface area contributed by atoms with Crippen molar-refractivity contribution in [3.8, 4) is 0 Å². The Bertz CT molecular complexity index is 277. The second-order valence-corrected chi connectivity index (χ2v) is 3.76. The molecule has 1 aliphatic rings. The fourth-order valence-electron chi connectivity index (χ4n) is 1.75. The van der Waals surface area contributed by atoms with Crippen molar-refractivity contribution in [3.63, 3.8) is 0 Å². The van der Waals surface area contributed by atoms with Gasteiger partial charge in [-0.2, -0.15) is 5.10 Å². The lowest BCUT2D eigenvalue weighted by Crippen LogP contribution is -2.19. The standard InChI is InChI=1S/C10H17N3O/c1-13-6-4-10(12-13)11-9-3-2-7-14-8-5-9/h4,6,9H,2-3,5,7-8H2,1H3,(H,11,12). The molecular weight excluding hydrogens is 178 g/mol. The van der Waals surface area contributed by atoms with Gasteiger partial charge in [0.15, 0.2) is 0 Å². The SMILES string of the molecule is Cn1ccc(NC2CCCOCC2)n1. The Morgan fingerprint density at radius 2 is 2.43 bits per heavy atom. The fourth-order valence-corrected chi connectivity index (χ4v) is 1.75. The zero-order chi connectivity index (χ0) is 9.80. The van der Waals surface area contributed by atoms with E-state index in [1.165, 1.54) is 6.42 Å². The lowest BCUT2D eigenvalue weighted by atomic mass is 10.1. The molecule has 14 heavy (non-hydrogen) atoms. The third-order valence-corrected chi connectivity index (χ3v) is 2.52. The van der Waals surface area contributed by atoms with E-state index in [9.17, 15) is 0 Å². The Labute approximate surface area is 84.3 Å². The maximum atomic E-state index is 5.40. The molecule has 1 atom stereocenters. The molecule has 0 aromatic carbocycles. The number of rotatable bonds is 2. The highest BCUT2D eigenvalue weighted by Crippen LogP contribution is 2.13. The predicted octanol–water partition coefficient (Wildman–Crippen LogP) is 1.40. The number of nitrogens with one attached hydrogen (secondary N) is 1. The van der Waals surface area contributed by atoms with Crippen molar-refractivity contribution < 1.29 is 4.74 Å². The van der Waals surface area contributed by atoms with Crippen molar-refractivity contribution in [2.75, 3.05) is 18.5 Å². The van der Waals surface area contributed by atoms with E-state index in [4.69, 9.17) is 4.74 Å². The molecule has 4 nitrogen and oxygen atoms in total. The van der Waals surface area contributed by atoms with Crippen molar-refractivity contribution in [2.24, 2.45) is 7.05 Å². The summed E-state index contributed by atoms with van der Waals surface area (Å²) < 4.78 is 7.22. The van der Waals surface area contributed by atoms with Gasteiger partial charge in [-0.15, -0.1) is 0 Å². The summed E-state index contributed by atoms with van der Waals surface area (Å²) in [6.07, 6.45) is 5.35. The van der Waals surface area contributed by atoms with Crippen LogP contribution in [0.15, 0.2) is 12.3 Å². The van der Waals surface area contributed by atoms with Crippen molar-refractivity contribution in [2.45, 2.75) is 25.3 Å². The maximum Gasteiger partial charge on any atom is 0.148 e.